The number of benzene rings is 1. The van der Waals surface area contributed by atoms with Crippen LogP contribution in [0.4, 0.5) is 10.1 Å². The number of hydrogen-bond donors (Lipinski definition) is 1. The molecule has 2 fully saturated rings. The summed E-state index contributed by atoms with van der Waals surface area (Å²) in [5.41, 5.74) is 6.57. The van der Waals surface area contributed by atoms with Gasteiger partial charge in [-0.2, -0.15) is 4.31 Å². The third-order valence-electron chi connectivity index (χ3n) is 4.27. The number of rotatable bonds is 3. The number of piperazine rings is 1. The summed E-state index contributed by atoms with van der Waals surface area (Å²) in [6.07, 6.45) is 2.41. The van der Waals surface area contributed by atoms with Crippen molar-refractivity contribution in [1.29, 1.82) is 0 Å². The van der Waals surface area contributed by atoms with Gasteiger partial charge in [0, 0.05) is 37.9 Å². The van der Waals surface area contributed by atoms with E-state index in [1.807, 2.05) is 0 Å². The van der Waals surface area contributed by atoms with Crippen molar-refractivity contribution < 1.29 is 12.8 Å². The van der Waals surface area contributed by atoms with Crippen molar-refractivity contribution in [2.45, 2.75) is 30.7 Å². The second-order valence-electron chi connectivity index (χ2n) is 5.81. The minimum Gasteiger partial charge on any atom is -0.398 e. The van der Waals surface area contributed by atoms with Crippen molar-refractivity contribution in [3.63, 3.8) is 0 Å². The number of hydrogen-bond acceptors (Lipinski definition) is 4. The van der Waals surface area contributed by atoms with Crippen LogP contribution in [0.5, 0.6) is 0 Å². The normalized spacial score (nSPS) is 21.6. The summed E-state index contributed by atoms with van der Waals surface area (Å²) in [7, 11) is -3.81. The second-order valence-corrected chi connectivity index (χ2v) is 7.72. The zero-order chi connectivity index (χ0) is 15.2. The molecule has 2 N–H and O–H groups in total. The third kappa shape index (κ3) is 2.77. The number of nitrogens with two attached hydrogens (primary N) is 1. The Morgan fingerprint density at radius 3 is 2.38 bits per heavy atom. The van der Waals surface area contributed by atoms with Crippen LogP contribution in [0.25, 0.3) is 0 Å². The molecule has 5 nitrogen and oxygen atoms in total. The summed E-state index contributed by atoms with van der Waals surface area (Å²) in [5, 5.41) is 0. The van der Waals surface area contributed by atoms with Gasteiger partial charge in [-0.1, -0.05) is 0 Å². The third-order valence-corrected chi connectivity index (χ3v) is 6.19. The van der Waals surface area contributed by atoms with E-state index in [2.05, 4.69) is 4.90 Å². The van der Waals surface area contributed by atoms with Crippen LogP contribution >= 0.6 is 0 Å². The first-order valence-electron chi connectivity index (χ1n) is 7.19. The molecule has 3 rings (SSSR count). The maximum absolute atomic E-state index is 14.0. The van der Waals surface area contributed by atoms with Crippen molar-refractivity contribution in [2.24, 2.45) is 0 Å². The lowest BCUT2D eigenvalue weighted by atomic mass is 10.2. The van der Waals surface area contributed by atoms with Crippen LogP contribution < -0.4 is 5.73 Å². The van der Waals surface area contributed by atoms with E-state index in [1.54, 1.807) is 6.92 Å². The lowest BCUT2D eigenvalue weighted by Gasteiger charge is -2.34. The highest BCUT2D eigenvalue weighted by atomic mass is 32.2. The predicted octanol–water partition coefficient (Wildman–Crippen LogP) is 1.19. The largest absolute Gasteiger partial charge is 0.398 e. The van der Waals surface area contributed by atoms with Gasteiger partial charge in [-0.3, -0.25) is 4.90 Å². The van der Waals surface area contributed by atoms with Crippen LogP contribution in [-0.4, -0.2) is 49.8 Å². The van der Waals surface area contributed by atoms with E-state index in [0.717, 1.165) is 0 Å². The average Bonchev–Trinajstić information content (AvgIpc) is 3.27. The molecular weight excluding hydrogens is 293 g/mol. The molecule has 1 saturated carbocycles. The predicted molar refractivity (Wildman–Crippen MR) is 78.9 cm³/mol. The highest BCUT2D eigenvalue weighted by Gasteiger charge is 2.35. The molecular formula is C14H20FN3O2S. The van der Waals surface area contributed by atoms with E-state index < -0.39 is 15.8 Å². The van der Waals surface area contributed by atoms with Gasteiger partial charge >= 0.3 is 0 Å². The molecule has 21 heavy (non-hydrogen) atoms. The molecule has 0 radical (unpaired) electrons. The first-order chi connectivity index (χ1) is 9.89. The minimum atomic E-state index is -3.81. The lowest BCUT2D eigenvalue weighted by molar-refractivity contribution is 0.180. The van der Waals surface area contributed by atoms with Gasteiger partial charge in [-0.25, -0.2) is 12.8 Å². The Balaban J connectivity index is 1.82. The lowest BCUT2D eigenvalue weighted by Crippen LogP contribution is -2.49. The van der Waals surface area contributed by atoms with Crippen LogP contribution in [0, 0.1) is 12.7 Å². The first-order valence-corrected chi connectivity index (χ1v) is 8.63. The Morgan fingerprint density at radius 2 is 1.81 bits per heavy atom. The number of halogens is 1. The maximum Gasteiger partial charge on any atom is 0.246 e. The van der Waals surface area contributed by atoms with E-state index in [1.165, 1.54) is 29.3 Å². The van der Waals surface area contributed by atoms with E-state index in [0.29, 0.717) is 43.5 Å². The van der Waals surface area contributed by atoms with Crippen molar-refractivity contribution in [3.05, 3.63) is 23.5 Å². The smallest absolute Gasteiger partial charge is 0.246 e. The van der Waals surface area contributed by atoms with Gasteiger partial charge in [0.1, 0.15) is 10.7 Å². The fraction of sp³-hybridized carbons (Fsp3) is 0.571. The Hall–Kier alpha value is -1.18. The number of sulfonamides is 1. The fourth-order valence-electron chi connectivity index (χ4n) is 2.75. The molecule has 1 aromatic rings. The Bertz CT molecular complexity index is 650. The molecule has 1 aliphatic carbocycles. The van der Waals surface area contributed by atoms with Gasteiger partial charge in [0.05, 0.1) is 0 Å². The van der Waals surface area contributed by atoms with Crippen molar-refractivity contribution in [3.8, 4) is 0 Å². The van der Waals surface area contributed by atoms with Crippen molar-refractivity contribution in [2.75, 3.05) is 31.9 Å². The molecule has 1 heterocycles. The molecule has 7 heteroatoms. The van der Waals surface area contributed by atoms with Gasteiger partial charge in [0.2, 0.25) is 10.0 Å². The van der Waals surface area contributed by atoms with E-state index in [9.17, 15) is 12.8 Å². The van der Waals surface area contributed by atoms with E-state index >= 15 is 0 Å². The molecule has 0 spiro atoms. The summed E-state index contributed by atoms with van der Waals surface area (Å²) in [6.45, 7) is 3.90. The van der Waals surface area contributed by atoms with Crippen LogP contribution in [0.3, 0.4) is 0 Å². The van der Waals surface area contributed by atoms with Crippen LogP contribution in [-0.2, 0) is 10.0 Å². The number of nitrogen functional groups attached to an aromatic ring is 1. The summed E-state index contributed by atoms with van der Waals surface area (Å²) in [5.74, 6) is -0.730. The Morgan fingerprint density at radius 1 is 1.19 bits per heavy atom. The van der Waals surface area contributed by atoms with Gasteiger partial charge in [0.25, 0.3) is 0 Å². The standard InChI is InChI=1S/C14H20FN3O2S/c1-10-8-12(15)14(9-13(10)16)21(19,20)18-6-4-17(5-7-18)11-2-3-11/h8-9,11H,2-7,16H2,1H3. The highest BCUT2D eigenvalue weighted by molar-refractivity contribution is 7.89. The maximum atomic E-state index is 14.0. The molecule has 1 saturated heterocycles. The monoisotopic (exact) mass is 313 g/mol. The zero-order valence-corrected chi connectivity index (χ0v) is 12.9. The zero-order valence-electron chi connectivity index (χ0n) is 12.0. The number of aryl methyl sites for hydroxylation is 1. The van der Waals surface area contributed by atoms with E-state index in [4.69, 9.17) is 5.73 Å². The molecule has 0 atom stereocenters. The molecule has 0 aromatic heterocycles. The quantitative estimate of drug-likeness (QED) is 0.851. The Labute approximate surface area is 124 Å². The molecule has 0 unspecified atom stereocenters. The van der Waals surface area contributed by atoms with Crippen LogP contribution in [0.15, 0.2) is 17.0 Å². The first kappa shape index (κ1) is 14.7. The number of anilines is 1. The topological polar surface area (TPSA) is 66.6 Å². The highest BCUT2D eigenvalue weighted by Crippen LogP contribution is 2.29. The fourth-order valence-corrected chi connectivity index (χ4v) is 4.26. The Kier molecular flexibility index (Phi) is 3.67. The molecule has 2 aliphatic rings. The average molecular weight is 313 g/mol. The SMILES string of the molecule is Cc1cc(F)c(S(=O)(=O)N2CCN(C3CC3)CC2)cc1N. The second kappa shape index (κ2) is 5.23. The van der Waals surface area contributed by atoms with Crippen molar-refractivity contribution in [1.82, 2.24) is 9.21 Å². The van der Waals surface area contributed by atoms with Gasteiger partial charge in [-0.15, -0.1) is 0 Å². The van der Waals surface area contributed by atoms with Gasteiger partial charge in [-0.05, 0) is 37.5 Å². The summed E-state index contributed by atoms with van der Waals surface area (Å²) >= 11 is 0. The summed E-state index contributed by atoms with van der Waals surface area (Å²) < 4.78 is 40.5. The molecule has 0 amide bonds. The number of nitrogens with zero attached hydrogens (tertiary/aromatic N) is 2. The van der Waals surface area contributed by atoms with Crippen molar-refractivity contribution >= 4 is 15.7 Å². The summed E-state index contributed by atoms with van der Waals surface area (Å²) in [4.78, 5) is 2.00. The molecule has 116 valence electrons. The molecule has 1 aliphatic heterocycles. The molecule has 1 aromatic carbocycles. The van der Waals surface area contributed by atoms with Gasteiger partial charge in [0.15, 0.2) is 0 Å². The molecule has 0 bridgehead atoms. The van der Waals surface area contributed by atoms with E-state index in [-0.39, 0.29) is 4.90 Å². The van der Waals surface area contributed by atoms with Crippen LogP contribution in [0.1, 0.15) is 18.4 Å². The summed E-state index contributed by atoms with van der Waals surface area (Å²) in [6, 6.07) is 3.04. The van der Waals surface area contributed by atoms with Gasteiger partial charge < -0.3 is 5.73 Å². The van der Waals surface area contributed by atoms with Crippen LogP contribution in [0.2, 0.25) is 0 Å². The minimum absolute atomic E-state index is 0.298.